The Labute approximate surface area is 80.0 Å². The van der Waals surface area contributed by atoms with E-state index in [4.69, 9.17) is 11.6 Å². The van der Waals surface area contributed by atoms with Crippen LogP contribution in [-0.2, 0) is 9.59 Å². The van der Waals surface area contributed by atoms with Crippen molar-refractivity contribution >= 4 is 29.4 Å². The molecule has 13 heavy (non-hydrogen) atoms. The van der Waals surface area contributed by atoms with Crippen molar-refractivity contribution in [2.45, 2.75) is 12.8 Å². The number of nitrogens with zero attached hydrogens (tertiary/aromatic N) is 1. The minimum atomic E-state index is -0.673. The van der Waals surface area contributed by atoms with Crippen molar-refractivity contribution in [2.24, 2.45) is 0 Å². The summed E-state index contributed by atoms with van der Waals surface area (Å²) >= 11 is 5.17. The lowest BCUT2D eigenvalue weighted by Crippen LogP contribution is -2.43. The normalized spacial score (nSPS) is 16.1. The van der Waals surface area contributed by atoms with Crippen molar-refractivity contribution in [3.63, 3.8) is 0 Å². The maximum Gasteiger partial charge on any atom is 0.330 e. The Balaban J connectivity index is 2.47. The number of rotatable bonds is 1. The molecule has 4 amide bonds. The number of hydrogen-bond acceptors (Lipinski definition) is 3. The Morgan fingerprint density at radius 1 is 1.54 bits per heavy atom. The van der Waals surface area contributed by atoms with Gasteiger partial charge in [-0.1, -0.05) is 0 Å². The second kappa shape index (κ2) is 4.23. The maximum atomic E-state index is 11.1. The summed E-state index contributed by atoms with van der Waals surface area (Å²) in [6, 6.07) is -0.673. The topological polar surface area (TPSA) is 66.5 Å². The molecule has 0 spiro atoms. The number of urea groups is 1. The molecule has 72 valence electrons. The van der Waals surface area contributed by atoms with Gasteiger partial charge in [-0.3, -0.25) is 19.8 Å². The molecule has 0 aromatic heterocycles. The van der Waals surface area contributed by atoms with Gasteiger partial charge in [-0.15, -0.1) is 11.6 Å². The molecule has 0 aliphatic carbocycles. The highest BCUT2D eigenvalue weighted by molar-refractivity contribution is 6.28. The lowest BCUT2D eigenvalue weighted by Gasteiger charge is -2.12. The molecule has 1 saturated heterocycles. The van der Waals surface area contributed by atoms with E-state index in [1.54, 1.807) is 0 Å². The van der Waals surface area contributed by atoms with Gasteiger partial charge in [-0.05, 0) is 6.42 Å². The van der Waals surface area contributed by atoms with Gasteiger partial charge in [0.05, 0.1) is 0 Å². The summed E-state index contributed by atoms with van der Waals surface area (Å²) in [5.74, 6) is -1.13. The molecule has 0 aromatic carbocycles. The van der Waals surface area contributed by atoms with Crippen molar-refractivity contribution in [3.8, 4) is 0 Å². The van der Waals surface area contributed by atoms with Crippen molar-refractivity contribution in [2.75, 3.05) is 12.4 Å². The van der Waals surface area contributed by atoms with E-state index in [9.17, 15) is 14.4 Å². The monoisotopic (exact) mass is 204 g/mol. The zero-order valence-corrected chi connectivity index (χ0v) is 7.63. The number of halogens is 1. The van der Waals surface area contributed by atoms with Crippen LogP contribution in [0, 0.1) is 0 Å². The van der Waals surface area contributed by atoms with E-state index in [1.165, 1.54) is 0 Å². The van der Waals surface area contributed by atoms with Gasteiger partial charge in [0, 0.05) is 13.0 Å². The Kier molecular flexibility index (Phi) is 3.25. The van der Waals surface area contributed by atoms with Gasteiger partial charge in [0.2, 0.25) is 11.8 Å². The molecular weight excluding hydrogens is 196 g/mol. The molecule has 0 saturated carbocycles. The number of hydrogen-bond donors (Lipinski definition) is 1. The summed E-state index contributed by atoms with van der Waals surface area (Å²) in [5, 5.41) is 2.00. The summed E-state index contributed by atoms with van der Waals surface area (Å²) in [4.78, 5) is 33.8. The first-order chi connectivity index (χ1) is 6.15. The average Bonchev–Trinajstić information content (AvgIpc) is 2.51. The quantitative estimate of drug-likeness (QED) is 0.616. The molecule has 1 fully saturated rings. The first-order valence-electron chi connectivity index (χ1n) is 3.85. The molecule has 1 N–H and O–H groups in total. The van der Waals surface area contributed by atoms with Crippen LogP contribution < -0.4 is 5.32 Å². The maximum absolute atomic E-state index is 11.1. The van der Waals surface area contributed by atoms with E-state index in [2.05, 4.69) is 0 Å². The smallest absolute Gasteiger partial charge is 0.277 e. The Morgan fingerprint density at radius 3 is 2.69 bits per heavy atom. The zero-order chi connectivity index (χ0) is 9.84. The van der Waals surface area contributed by atoms with E-state index in [0.29, 0.717) is 19.4 Å². The van der Waals surface area contributed by atoms with Crippen molar-refractivity contribution in [1.82, 2.24) is 10.2 Å². The molecule has 6 heteroatoms. The predicted octanol–water partition coefficient (Wildman–Crippen LogP) is 0.0838. The number of likely N-dealkylation sites (tertiary alicyclic amines) is 1. The second-order valence-electron chi connectivity index (χ2n) is 2.64. The van der Waals surface area contributed by atoms with Crippen molar-refractivity contribution in [3.05, 3.63) is 0 Å². The Hall–Kier alpha value is -1.10. The molecule has 0 atom stereocenters. The zero-order valence-electron chi connectivity index (χ0n) is 6.88. The molecule has 0 bridgehead atoms. The highest BCUT2D eigenvalue weighted by atomic mass is 35.5. The first-order valence-corrected chi connectivity index (χ1v) is 4.38. The van der Waals surface area contributed by atoms with Crippen LogP contribution in [0.15, 0.2) is 0 Å². The van der Waals surface area contributed by atoms with Crippen LogP contribution in [0.2, 0.25) is 0 Å². The standard InChI is InChI=1S/C7H9ClN2O3/c8-4-5(11)9-7(13)10-3-1-2-6(10)12/h1-4H2,(H,9,11,13). The van der Waals surface area contributed by atoms with Gasteiger partial charge in [0.25, 0.3) is 0 Å². The fourth-order valence-corrected chi connectivity index (χ4v) is 1.15. The number of imide groups is 2. The number of nitrogens with one attached hydrogen (secondary N) is 1. The third-order valence-electron chi connectivity index (χ3n) is 1.69. The number of amides is 4. The Bertz CT molecular complexity index is 254. The van der Waals surface area contributed by atoms with Crippen LogP contribution in [0.1, 0.15) is 12.8 Å². The minimum absolute atomic E-state index is 0.250. The number of alkyl halides is 1. The fourth-order valence-electron chi connectivity index (χ4n) is 1.08. The Morgan fingerprint density at radius 2 is 2.23 bits per heavy atom. The highest BCUT2D eigenvalue weighted by Crippen LogP contribution is 2.08. The molecule has 1 aliphatic rings. The summed E-state index contributed by atoms with van der Waals surface area (Å²) in [6.07, 6.45) is 1.02. The van der Waals surface area contributed by atoms with Gasteiger partial charge in [0.15, 0.2) is 0 Å². The molecule has 0 aromatic rings. The fraction of sp³-hybridized carbons (Fsp3) is 0.571. The largest absolute Gasteiger partial charge is 0.330 e. The molecule has 0 radical (unpaired) electrons. The minimum Gasteiger partial charge on any atom is -0.277 e. The summed E-state index contributed by atoms with van der Waals surface area (Å²) in [7, 11) is 0. The molecule has 1 aliphatic heterocycles. The van der Waals surface area contributed by atoms with Gasteiger partial charge >= 0.3 is 6.03 Å². The van der Waals surface area contributed by atoms with Crippen molar-refractivity contribution in [1.29, 1.82) is 0 Å². The van der Waals surface area contributed by atoms with E-state index in [0.717, 1.165) is 4.90 Å². The SMILES string of the molecule is O=C(CCl)NC(=O)N1CCCC1=O. The lowest BCUT2D eigenvalue weighted by atomic mass is 10.4. The molecule has 0 unspecified atom stereocenters. The first kappa shape index (κ1) is 9.98. The number of carbonyl (C=O) groups is 3. The second-order valence-corrected chi connectivity index (χ2v) is 2.90. The average molecular weight is 205 g/mol. The van der Waals surface area contributed by atoms with E-state index < -0.39 is 11.9 Å². The van der Waals surface area contributed by atoms with E-state index >= 15 is 0 Å². The predicted molar refractivity (Wildman–Crippen MR) is 45.2 cm³/mol. The van der Waals surface area contributed by atoms with Gasteiger partial charge in [-0.2, -0.15) is 0 Å². The van der Waals surface area contributed by atoms with Crippen LogP contribution in [0.25, 0.3) is 0 Å². The highest BCUT2D eigenvalue weighted by Gasteiger charge is 2.27. The van der Waals surface area contributed by atoms with Gasteiger partial charge in [0.1, 0.15) is 5.88 Å². The molecule has 5 nitrogen and oxygen atoms in total. The number of carbonyl (C=O) groups excluding carboxylic acids is 3. The van der Waals surface area contributed by atoms with Crippen LogP contribution >= 0.6 is 11.6 Å². The third-order valence-corrected chi connectivity index (χ3v) is 1.93. The van der Waals surface area contributed by atoms with E-state index in [1.807, 2.05) is 5.32 Å². The van der Waals surface area contributed by atoms with Crippen LogP contribution in [0.4, 0.5) is 4.79 Å². The van der Waals surface area contributed by atoms with Crippen molar-refractivity contribution < 1.29 is 14.4 Å². The van der Waals surface area contributed by atoms with E-state index in [-0.39, 0.29) is 11.8 Å². The molecule has 1 rings (SSSR count). The summed E-state index contributed by atoms with van der Waals surface area (Å²) < 4.78 is 0. The van der Waals surface area contributed by atoms with Gasteiger partial charge in [-0.25, -0.2) is 4.79 Å². The van der Waals surface area contributed by atoms with Crippen LogP contribution in [0.5, 0.6) is 0 Å². The molecule has 1 heterocycles. The summed E-state index contributed by atoms with van der Waals surface area (Å²) in [6.45, 7) is 0.375. The summed E-state index contributed by atoms with van der Waals surface area (Å²) in [5.41, 5.74) is 0. The third kappa shape index (κ3) is 2.42. The van der Waals surface area contributed by atoms with Crippen LogP contribution in [-0.4, -0.2) is 35.2 Å². The van der Waals surface area contributed by atoms with Gasteiger partial charge < -0.3 is 0 Å². The lowest BCUT2D eigenvalue weighted by molar-refractivity contribution is -0.125. The molecular formula is C7H9ClN2O3. The van der Waals surface area contributed by atoms with Crippen LogP contribution in [0.3, 0.4) is 0 Å².